The smallest absolute Gasteiger partial charge is 0.264 e. The van der Waals surface area contributed by atoms with E-state index in [0.29, 0.717) is 23.7 Å². The Balaban J connectivity index is 2.02. The molecule has 0 radical (unpaired) electrons. The summed E-state index contributed by atoms with van der Waals surface area (Å²) in [5.74, 6) is -0.552. The van der Waals surface area contributed by atoms with Crippen LogP contribution in [-0.4, -0.2) is 44.3 Å². The maximum absolute atomic E-state index is 14.0. The number of nitrogens with one attached hydrogen (secondary N) is 1. The first-order valence-corrected chi connectivity index (χ1v) is 15.3. The Morgan fingerprint density at radius 1 is 0.949 bits per heavy atom. The zero-order valence-electron chi connectivity index (χ0n) is 22.2. The van der Waals surface area contributed by atoms with Crippen molar-refractivity contribution in [1.82, 2.24) is 10.2 Å². The van der Waals surface area contributed by atoms with Crippen molar-refractivity contribution in [2.24, 2.45) is 5.92 Å². The van der Waals surface area contributed by atoms with E-state index in [1.54, 1.807) is 66.7 Å². The van der Waals surface area contributed by atoms with Gasteiger partial charge >= 0.3 is 0 Å². The molecule has 3 rings (SSSR count). The van der Waals surface area contributed by atoms with E-state index in [4.69, 9.17) is 11.6 Å². The highest BCUT2D eigenvalue weighted by atomic mass is 79.9. The molecular weight excluding hydrogens is 602 g/mol. The van der Waals surface area contributed by atoms with Gasteiger partial charge in [0.05, 0.1) is 10.6 Å². The fraction of sp³-hybridized carbons (Fsp3) is 0.310. The highest BCUT2D eigenvalue weighted by Gasteiger charge is 2.33. The largest absolute Gasteiger partial charge is 0.354 e. The number of carbonyl (C=O) groups excluding carboxylic acids is 2. The van der Waals surface area contributed by atoms with Crippen LogP contribution in [0.25, 0.3) is 0 Å². The highest BCUT2D eigenvalue weighted by molar-refractivity contribution is 9.10. The molecule has 208 valence electrons. The predicted molar refractivity (Wildman–Crippen MR) is 159 cm³/mol. The van der Waals surface area contributed by atoms with Crippen LogP contribution < -0.4 is 9.62 Å². The lowest BCUT2D eigenvalue weighted by molar-refractivity contribution is -0.140. The van der Waals surface area contributed by atoms with Gasteiger partial charge in [-0.3, -0.25) is 13.9 Å². The van der Waals surface area contributed by atoms with Crippen molar-refractivity contribution in [3.05, 3.63) is 93.9 Å². The molecule has 3 aromatic rings. The van der Waals surface area contributed by atoms with E-state index in [1.807, 2.05) is 20.8 Å². The first kappa shape index (κ1) is 30.7. The lowest BCUT2D eigenvalue weighted by Crippen LogP contribution is -2.52. The first-order chi connectivity index (χ1) is 18.5. The Labute approximate surface area is 244 Å². The Morgan fingerprint density at radius 3 is 2.13 bits per heavy atom. The van der Waals surface area contributed by atoms with Gasteiger partial charge in [-0.2, -0.15) is 0 Å². The lowest BCUT2D eigenvalue weighted by Gasteiger charge is -2.33. The molecule has 0 bridgehead atoms. The first-order valence-electron chi connectivity index (χ1n) is 12.7. The van der Waals surface area contributed by atoms with Crippen molar-refractivity contribution in [2.75, 3.05) is 17.4 Å². The van der Waals surface area contributed by atoms with E-state index in [-0.39, 0.29) is 23.3 Å². The van der Waals surface area contributed by atoms with Gasteiger partial charge in [-0.05, 0) is 66.4 Å². The van der Waals surface area contributed by atoms with Crippen LogP contribution in [-0.2, 0) is 26.2 Å². The molecule has 0 saturated carbocycles. The van der Waals surface area contributed by atoms with Gasteiger partial charge in [-0.25, -0.2) is 8.42 Å². The summed E-state index contributed by atoms with van der Waals surface area (Å²) in [4.78, 5) is 28.7. The van der Waals surface area contributed by atoms with Crippen molar-refractivity contribution in [1.29, 1.82) is 0 Å². The van der Waals surface area contributed by atoms with Crippen LogP contribution in [0, 0.1) is 5.92 Å². The molecule has 39 heavy (non-hydrogen) atoms. The lowest BCUT2D eigenvalue weighted by atomic mass is 10.1. The van der Waals surface area contributed by atoms with Crippen LogP contribution in [0.5, 0.6) is 0 Å². The van der Waals surface area contributed by atoms with E-state index >= 15 is 0 Å². The van der Waals surface area contributed by atoms with Crippen molar-refractivity contribution >= 4 is 55.1 Å². The molecule has 0 saturated heterocycles. The maximum Gasteiger partial charge on any atom is 0.264 e. The fourth-order valence-corrected chi connectivity index (χ4v) is 5.81. The average molecular weight is 635 g/mol. The topological polar surface area (TPSA) is 86.8 Å². The van der Waals surface area contributed by atoms with E-state index in [0.717, 1.165) is 14.3 Å². The number of rotatable bonds is 12. The normalized spacial score (nSPS) is 12.2. The molecule has 3 aromatic carbocycles. The second-order valence-electron chi connectivity index (χ2n) is 9.51. The molecule has 2 amide bonds. The molecule has 1 N–H and O–H groups in total. The summed E-state index contributed by atoms with van der Waals surface area (Å²) < 4.78 is 29.4. The standard InChI is InChI=1S/C29H33BrClN3O4S/c1-4-27(29(36)32-18-21(2)3)33(19-22-10-14-24(31)15-11-22)28(35)20-34(25-16-12-23(30)13-17-25)39(37,38)26-8-6-5-7-9-26/h5-17,21,27H,4,18-20H2,1-3H3,(H,32,36)/t27-/m0/s1. The molecule has 0 heterocycles. The monoisotopic (exact) mass is 633 g/mol. The van der Waals surface area contributed by atoms with Gasteiger partial charge in [0, 0.05) is 22.6 Å². The molecule has 0 aliphatic heterocycles. The number of hydrogen-bond acceptors (Lipinski definition) is 4. The molecule has 0 fully saturated rings. The molecule has 7 nitrogen and oxygen atoms in total. The third-order valence-electron chi connectivity index (χ3n) is 6.06. The van der Waals surface area contributed by atoms with E-state index < -0.39 is 28.5 Å². The van der Waals surface area contributed by atoms with Gasteiger partial charge in [0.2, 0.25) is 11.8 Å². The summed E-state index contributed by atoms with van der Waals surface area (Å²) in [5, 5.41) is 3.47. The Kier molecular flexibility index (Phi) is 11.0. The second-order valence-corrected chi connectivity index (χ2v) is 12.7. The third-order valence-corrected chi connectivity index (χ3v) is 8.63. The molecule has 0 aliphatic carbocycles. The quantitative estimate of drug-likeness (QED) is 0.270. The molecular formula is C29H33BrClN3O4S. The molecule has 0 spiro atoms. The minimum atomic E-state index is -4.10. The number of sulfonamides is 1. The van der Waals surface area contributed by atoms with Gasteiger partial charge in [0.1, 0.15) is 12.6 Å². The van der Waals surface area contributed by atoms with Gasteiger partial charge in [-0.1, -0.05) is 78.6 Å². The molecule has 0 aromatic heterocycles. The van der Waals surface area contributed by atoms with Crippen molar-refractivity contribution < 1.29 is 18.0 Å². The maximum atomic E-state index is 14.0. The number of carbonyl (C=O) groups is 2. The van der Waals surface area contributed by atoms with Crippen molar-refractivity contribution in [2.45, 2.75) is 44.7 Å². The summed E-state index contributed by atoms with van der Waals surface area (Å²) in [6.45, 7) is 5.90. The van der Waals surface area contributed by atoms with E-state index in [2.05, 4.69) is 21.2 Å². The van der Waals surface area contributed by atoms with Gasteiger partial charge < -0.3 is 10.2 Å². The zero-order valence-corrected chi connectivity index (χ0v) is 25.3. The minimum Gasteiger partial charge on any atom is -0.354 e. The summed E-state index contributed by atoms with van der Waals surface area (Å²) >= 11 is 9.43. The minimum absolute atomic E-state index is 0.0617. The Morgan fingerprint density at radius 2 is 1.56 bits per heavy atom. The molecule has 10 heteroatoms. The zero-order chi connectivity index (χ0) is 28.6. The summed E-state index contributed by atoms with van der Waals surface area (Å²) in [6, 6.07) is 20.9. The van der Waals surface area contributed by atoms with Crippen LogP contribution in [0.2, 0.25) is 5.02 Å². The summed E-state index contributed by atoms with van der Waals surface area (Å²) in [5.41, 5.74) is 1.10. The van der Waals surface area contributed by atoms with Crippen molar-refractivity contribution in [3.8, 4) is 0 Å². The highest BCUT2D eigenvalue weighted by Crippen LogP contribution is 2.26. The van der Waals surface area contributed by atoms with E-state index in [9.17, 15) is 18.0 Å². The van der Waals surface area contributed by atoms with Crippen LogP contribution in [0.1, 0.15) is 32.8 Å². The predicted octanol–water partition coefficient (Wildman–Crippen LogP) is 5.88. The number of hydrogen-bond donors (Lipinski definition) is 1. The Hall–Kier alpha value is -2.88. The third kappa shape index (κ3) is 8.30. The number of nitrogens with zero attached hydrogens (tertiary/aromatic N) is 2. The Bertz CT molecular complexity index is 1350. The number of benzene rings is 3. The summed E-state index contributed by atoms with van der Waals surface area (Å²) in [7, 11) is -4.10. The summed E-state index contributed by atoms with van der Waals surface area (Å²) in [6.07, 6.45) is 0.354. The van der Waals surface area contributed by atoms with Crippen LogP contribution in [0.4, 0.5) is 5.69 Å². The fourth-order valence-electron chi connectivity index (χ4n) is 3.98. The van der Waals surface area contributed by atoms with Gasteiger partial charge in [0.15, 0.2) is 0 Å². The van der Waals surface area contributed by atoms with Crippen LogP contribution in [0.15, 0.2) is 88.2 Å². The van der Waals surface area contributed by atoms with Gasteiger partial charge in [-0.15, -0.1) is 0 Å². The molecule has 0 unspecified atom stereocenters. The molecule has 1 atom stereocenters. The number of amides is 2. The second kappa shape index (κ2) is 14.0. The number of halogens is 2. The van der Waals surface area contributed by atoms with Crippen molar-refractivity contribution in [3.63, 3.8) is 0 Å². The van der Waals surface area contributed by atoms with E-state index in [1.165, 1.54) is 17.0 Å². The number of anilines is 1. The SMILES string of the molecule is CC[C@@H](C(=O)NCC(C)C)N(Cc1ccc(Cl)cc1)C(=O)CN(c1ccc(Br)cc1)S(=O)(=O)c1ccccc1. The van der Waals surface area contributed by atoms with Crippen LogP contribution in [0.3, 0.4) is 0 Å². The van der Waals surface area contributed by atoms with Gasteiger partial charge in [0.25, 0.3) is 10.0 Å². The van der Waals surface area contributed by atoms with Crippen LogP contribution >= 0.6 is 27.5 Å². The average Bonchev–Trinajstić information content (AvgIpc) is 2.92. The molecule has 0 aliphatic rings.